The molecule has 0 saturated heterocycles. The van der Waals surface area contributed by atoms with Crippen LogP contribution in [0.4, 0.5) is 21.9 Å². The van der Waals surface area contributed by atoms with Crippen molar-refractivity contribution in [3.8, 4) is 0 Å². The molecule has 2 rings (SSSR count). The second kappa shape index (κ2) is 5.96. The largest absolute Gasteiger partial charge is 0.478 e. The molecule has 0 aliphatic carbocycles. The number of amides is 2. The monoisotopic (exact) mass is 285 g/mol. The van der Waals surface area contributed by atoms with E-state index in [1.807, 2.05) is 0 Å². The number of hydrogen-bond acceptors (Lipinski definition) is 3. The van der Waals surface area contributed by atoms with E-state index in [1.54, 1.807) is 43.3 Å². The van der Waals surface area contributed by atoms with Crippen LogP contribution in [0, 0.1) is 6.92 Å². The fourth-order valence-corrected chi connectivity index (χ4v) is 1.94. The van der Waals surface area contributed by atoms with Gasteiger partial charge in [-0.05, 0) is 30.7 Å². The zero-order chi connectivity index (χ0) is 15.4. The van der Waals surface area contributed by atoms with E-state index in [9.17, 15) is 14.7 Å². The number of rotatable bonds is 3. The first-order valence-electron chi connectivity index (χ1n) is 6.24. The number of aryl methyl sites for hydroxylation is 1. The third-order valence-corrected chi connectivity index (χ3v) is 2.94. The van der Waals surface area contributed by atoms with Gasteiger partial charge in [-0.1, -0.05) is 24.3 Å². The highest BCUT2D eigenvalue weighted by atomic mass is 16.4. The molecule has 2 aromatic carbocycles. The van der Waals surface area contributed by atoms with E-state index in [1.165, 1.54) is 6.07 Å². The van der Waals surface area contributed by atoms with Crippen molar-refractivity contribution in [1.29, 1.82) is 0 Å². The minimum absolute atomic E-state index is 0.0636. The number of aromatic carboxylic acids is 1. The first-order valence-corrected chi connectivity index (χ1v) is 6.24. The molecule has 6 heteroatoms. The molecule has 0 spiro atoms. The summed E-state index contributed by atoms with van der Waals surface area (Å²) in [6.45, 7) is 1.67. The van der Waals surface area contributed by atoms with Crippen LogP contribution in [-0.4, -0.2) is 17.1 Å². The summed E-state index contributed by atoms with van der Waals surface area (Å²) in [4.78, 5) is 23.2. The number of carbonyl (C=O) groups excluding carboxylic acids is 1. The Morgan fingerprint density at radius 3 is 2.29 bits per heavy atom. The molecule has 0 aliphatic heterocycles. The predicted octanol–water partition coefficient (Wildman–Crippen LogP) is 2.92. The smallest absolute Gasteiger partial charge is 0.338 e. The van der Waals surface area contributed by atoms with E-state index in [4.69, 9.17) is 5.73 Å². The fourth-order valence-electron chi connectivity index (χ4n) is 1.94. The maximum absolute atomic E-state index is 11.9. The Morgan fingerprint density at radius 2 is 1.62 bits per heavy atom. The van der Waals surface area contributed by atoms with Crippen molar-refractivity contribution in [2.24, 2.45) is 0 Å². The lowest BCUT2D eigenvalue weighted by atomic mass is 10.1. The molecule has 21 heavy (non-hydrogen) atoms. The zero-order valence-corrected chi connectivity index (χ0v) is 11.4. The van der Waals surface area contributed by atoms with Gasteiger partial charge in [0.15, 0.2) is 0 Å². The van der Waals surface area contributed by atoms with Gasteiger partial charge in [-0.15, -0.1) is 0 Å². The number of nitrogens with two attached hydrogens (primary N) is 1. The molecule has 0 saturated carbocycles. The molecule has 0 heterocycles. The second-order valence-electron chi connectivity index (χ2n) is 4.47. The molecule has 5 N–H and O–H groups in total. The number of nitrogens with one attached hydrogen (secondary N) is 2. The number of carboxylic acids is 1. The lowest BCUT2D eigenvalue weighted by Crippen LogP contribution is -2.22. The average molecular weight is 285 g/mol. The van der Waals surface area contributed by atoms with E-state index >= 15 is 0 Å². The van der Waals surface area contributed by atoms with Gasteiger partial charge in [0, 0.05) is 0 Å². The number of hydrogen-bond donors (Lipinski definition) is 4. The molecule has 2 amide bonds. The van der Waals surface area contributed by atoms with Gasteiger partial charge in [0.1, 0.15) is 0 Å². The first kappa shape index (κ1) is 14.4. The quantitative estimate of drug-likeness (QED) is 0.651. The van der Waals surface area contributed by atoms with E-state index < -0.39 is 12.0 Å². The van der Waals surface area contributed by atoms with Crippen molar-refractivity contribution >= 4 is 29.1 Å². The maximum atomic E-state index is 11.9. The van der Waals surface area contributed by atoms with E-state index in [0.29, 0.717) is 16.9 Å². The van der Waals surface area contributed by atoms with Crippen LogP contribution in [0.1, 0.15) is 15.9 Å². The average Bonchev–Trinajstić information content (AvgIpc) is 2.41. The van der Waals surface area contributed by atoms with Gasteiger partial charge in [0.2, 0.25) is 0 Å². The number of nitrogen functional groups attached to an aromatic ring is 1. The molecule has 108 valence electrons. The molecule has 0 radical (unpaired) electrons. The highest BCUT2D eigenvalue weighted by Gasteiger charge is 2.15. The molecule has 0 unspecified atom stereocenters. The molecular weight excluding hydrogens is 270 g/mol. The Morgan fingerprint density at radius 1 is 1.00 bits per heavy atom. The molecule has 0 atom stereocenters. The first-order chi connectivity index (χ1) is 9.99. The standard InChI is InChI=1S/C15H15N3O3/c1-9-5-4-8-12(13(9)14(19)20)18-15(21)17-11-7-3-2-6-10(11)16/h2-8H,16H2,1H3,(H,19,20)(H2,17,18,21). The Kier molecular flexibility index (Phi) is 4.08. The summed E-state index contributed by atoms with van der Waals surface area (Å²) in [5.41, 5.74) is 7.48. The van der Waals surface area contributed by atoms with Gasteiger partial charge in [0.25, 0.3) is 0 Å². The minimum Gasteiger partial charge on any atom is -0.478 e. The second-order valence-corrected chi connectivity index (χ2v) is 4.47. The van der Waals surface area contributed by atoms with Crippen molar-refractivity contribution in [2.75, 3.05) is 16.4 Å². The summed E-state index contributed by atoms with van der Waals surface area (Å²) in [6.07, 6.45) is 0. The lowest BCUT2D eigenvalue weighted by molar-refractivity contribution is 0.0697. The summed E-state index contributed by atoms with van der Waals surface area (Å²) < 4.78 is 0. The lowest BCUT2D eigenvalue weighted by Gasteiger charge is -2.12. The van der Waals surface area contributed by atoms with Crippen LogP contribution in [0.3, 0.4) is 0 Å². The van der Waals surface area contributed by atoms with Gasteiger partial charge in [-0.25, -0.2) is 9.59 Å². The summed E-state index contributed by atoms with van der Waals surface area (Å²) in [7, 11) is 0. The minimum atomic E-state index is -1.09. The third kappa shape index (κ3) is 3.30. The highest BCUT2D eigenvalue weighted by molar-refractivity contribution is 6.06. The molecule has 0 bridgehead atoms. The number of benzene rings is 2. The van der Waals surface area contributed by atoms with Crippen molar-refractivity contribution in [3.05, 3.63) is 53.6 Å². The van der Waals surface area contributed by atoms with Gasteiger partial charge >= 0.3 is 12.0 Å². The molecule has 6 nitrogen and oxygen atoms in total. The number of anilines is 3. The van der Waals surface area contributed by atoms with Crippen LogP contribution in [0.5, 0.6) is 0 Å². The highest BCUT2D eigenvalue weighted by Crippen LogP contribution is 2.21. The van der Waals surface area contributed by atoms with Crippen LogP contribution in [-0.2, 0) is 0 Å². The van der Waals surface area contributed by atoms with Gasteiger partial charge in [0.05, 0.1) is 22.6 Å². The SMILES string of the molecule is Cc1cccc(NC(=O)Nc2ccccc2N)c1C(=O)O. The van der Waals surface area contributed by atoms with Crippen molar-refractivity contribution in [2.45, 2.75) is 6.92 Å². The summed E-state index contributed by atoms with van der Waals surface area (Å²) >= 11 is 0. The van der Waals surface area contributed by atoms with E-state index in [0.717, 1.165) is 0 Å². The number of carbonyl (C=O) groups is 2. The fraction of sp³-hybridized carbons (Fsp3) is 0.0667. The topological polar surface area (TPSA) is 104 Å². The molecule has 0 aromatic heterocycles. The van der Waals surface area contributed by atoms with Gasteiger partial charge in [-0.2, -0.15) is 0 Å². The van der Waals surface area contributed by atoms with Gasteiger partial charge < -0.3 is 21.5 Å². The van der Waals surface area contributed by atoms with Crippen molar-refractivity contribution in [1.82, 2.24) is 0 Å². The Balaban J connectivity index is 2.19. The molecular formula is C15H15N3O3. The molecule has 0 fully saturated rings. The van der Waals surface area contributed by atoms with E-state index in [2.05, 4.69) is 10.6 Å². The maximum Gasteiger partial charge on any atom is 0.338 e. The van der Waals surface area contributed by atoms with Crippen LogP contribution < -0.4 is 16.4 Å². The summed E-state index contributed by atoms with van der Waals surface area (Å²) in [5.74, 6) is -1.09. The number of carboxylic acid groups (broad SMARTS) is 1. The van der Waals surface area contributed by atoms with Crippen LogP contribution in [0.25, 0.3) is 0 Å². The van der Waals surface area contributed by atoms with Gasteiger partial charge in [-0.3, -0.25) is 0 Å². The Bertz CT molecular complexity index is 698. The number of urea groups is 1. The molecule has 2 aromatic rings. The third-order valence-electron chi connectivity index (χ3n) is 2.94. The predicted molar refractivity (Wildman–Crippen MR) is 81.6 cm³/mol. The van der Waals surface area contributed by atoms with Crippen LogP contribution >= 0.6 is 0 Å². The Labute approximate surface area is 121 Å². The van der Waals surface area contributed by atoms with Crippen molar-refractivity contribution in [3.63, 3.8) is 0 Å². The molecule has 0 aliphatic rings. The number of para-hydroxylation sites is 2. The van der Waals surface area contributed by atoms with Crippen LogP contribution in [0.15, 0.2) is 42.5 Å². The van der Waals surface area contributed by atoms with Crippen LogP contribution in [0.2, 0.25) is 0 Å². The Hall–Kier alpha value is -3.02. The van der Waals surface area contributed by atoms with Crippen molar-refractivity contribution < 1.29 is 14.7 Å². The van der Waals surface area contributed by atoms with E-state index in [-0.39, 0.29) is 11.3 Å². The normalized spacial score (nSPS) is 9.95. The zero-order valence-electron chi connectivity index (χ0n) is 11.4. The summed E-state index contributed by atoms with van der Waals surface area (Å²) in [5, 5.41) is 14.3. The summed E-state index contributed by atoms with van der Waals surface area (Å²) in [6, 6.07) is 11.1.